The summed E-state index contributed by atoms with van der Waals surface area (Å²) < 4.78 is 5.09. The molecule has 3 rings (SSSR count). The molecule has 1 aliphatic heterocycles. The summed E-state index contributed by atoms with van der Waals surface area (Å²) >= 11 is 0. The fourth-order valence-corrected chi connectivity index (χ4v) is 2.86. The Morgan fingerprint density at radius 2 is 2.00 bits per heavy atom. The molecule has 0 radical (unpaired) electrons. The minimum atomic E-state index is -0.546. The molecule has 0 bridgehead atoms. The third kappa shape index (κ3) is 3.79. The normalized spacial score (nSPS) is 16.9. The Balaban J connectivity index is 1.57. The maximum atomic E-state index is 12.2. The predicted octanol–water partition coefficient (Wildman–Crippen LogP) is 2.36. The molecular weight excluding hydrogens is 320 g/mol. The molecule has 6 nitrogen and oxygen atoms in total. The van der Waals surface area contributed by atoms with Gasteiger partial charge in [0.15, 0.2) is 6.61 Å². The van der Waals surface area contributed by atoms with Crippen LogP contribution in [0.15, 0.2) is 42.6 Å². The van der Waals surface area contributed by atoms with E-state index in [4.69, 9.17) is 4.74 Å². The molecule has 1 unspecified atom stereocenters. The van der Waals surface area contributed by atoms with Crippen molar-refractivity contribution in [3.63, 3.8) is 0 Å². The molecule has 2 heterocycles. The van der Waals surface area contributed by atoms with Gasteiger partial charge >= 0.3 is 5.97 Å². The van der Waals surface area contributed by atoms with Gasteiger partial charge in [0.2, 0.25) is 11.7 Å². The number of hydrogen-bond acceptors (Lipinski definition) is 4. The van der Waals surface area contributed by atoms with Crippen LogP contribution < -0.4 is 4.90 Å². The average Bonchev–Trinajstić information content (AvgIpc) is 3.29. The molecule has 0 aliphatic carbocycles. The molecule has 0 spiro atoms. The fourth-order valence-electron chi connectivity index (χ4n) is 2.86. The van der Waals surface area contributed by atoms with Crippen LogP contribution in [0.2, 0.25) is 0 Å². The molecule has 0 saturated carbocycles. The van der Waals surface area contributed by atoms with Crippen LogP contribution in [0.3, 0.4) is 0 Å². The molecule has 1 aromatic carbocycles. The van der Waals surface area contributed by atoms with E-state index < -0.39 is 11.9 Å². The van der Waals surface area contributed by atoms with Crippen molar-refractivity contribution in [3.8, 4) is 0 Å². The predicted molar refractivity (Wildman–Crippen MR) is 92.4 cm³/mol. The summed E-state index contributed by atoms with van der Waals surface area (Å²) in [6.07, 6.45) is 2.66. The van der Waals surface area contributed by atoms with Crippen LogP contribution in [0.25, 0.3) is 0 Å². The first kappa shape index (κ1) is 17.0. The summed E-state index contributed by atoms with van der Waals surface area (Å²) in [6, 6.07) is 11.0. The Morgan fingerprint density at radius 1 is 1.24 bits per heavy atom. The largest absolute Gasteiger partial charge is 0.457 e. The number of ether oxygens (including phenoxy) is 1. The van der Waals surface area contributed by atoms with Gasteiger partial charge in [-0.15, -0.1) is 0 Å². The van der Waals surface area contributed by atoms with E-state index in [1.165, 1.54) is 5.56 Å². The molecular formula is C19H20N2O4. The number of rotatable bonds is 6. The van der Waals surface area contributed by atoms with Crippen LogP contribution in [0.1, 0.15) is 29.4 Å². The highest BCUT2D eigenvalue weighted by molar-refractivity contribution is 6.00. The van der Waals surface area contributed by atoms with Gasteiger partial charge in [0.25, 0.3) is 0 Å². The van der Waals surface area contributed by atoms with E-state index in [1.54, 1.807) is 23.2 Å². The second-order valence-corrected chi connectivity index (χ2v) is 6.04. The first-order valence-electron chi connectivity index (χ1n) is 8.31. The summed E-state index contributed by atoms with van der Waals surface area (Å²) in [5.74, 6) is -1.47. The number of nitrogens with one attached hydrogen (secondary N) is 1. The van der Waals surface area contributed by atoms with E-state index in [1.807, 2.05) is 24.3 Å². The van der Waals surface area contributed by atoms with Crippen molar-refractivity contribution < 1.29 is 19.1 Å². The minimum absolute atomic E-state index is 0.102. The summed E-state index contributed by atoms with van der Waals surface area (Å²) in [5.41, 5.74) is 2.36. The number of esters is 1. The van der Waals surface area contributed by atoms with Crippen molar-refractivity contribution in [2.24, 2.45) is 5.92 Å². The van der Waals surface area contributed by atoms with E-state index in [-0.39, 0.29) is 31.3 Å². The van der Waals surface area contributed by atoms with Crippen molar-refractivity contribution in [1.29, 1.82) is 0 Å². The number of aromatic amines is 1. The smallest absolute Gasteiger partial charge is 0.311 e. The van der Waals surface area contributed by atoms with Crippen LogP contribution in [0, 0.1) is 5.92 Å². The fraction of sp³-hybridized carbons (Fsp3) is 0.316. The van der Waals surface area contributed by atoms with Crippen LogP contribution in [-0.4, -0.2) is 35.8 Å². The minimum Gasteiger partial charge on any atom is -0.457 e. The molecule has 2 aromatic rings. The summed E-state index contributed by atoms with van der Waals surface area (Å²) in [7, 11) is 0. The molecule has 130 valence electrons. The third-order valence-electron chi connectivity index (χ3n) is 4.36. The summed E-state index contributed by atoms with van der Waals surface area (Å²) in [5, 5.41) is 0. The topological polar surface area (TPSA) is 79.5 Å². The highest BCUT2D eigenvalue weighted by Crippen LogP contribution is 2.26. The first-order chi connectivity index (χ1) is 12.1. The lowest BCUT2D eigenvalue weighted by atomic mass is 10.1. The number of aromatic nitrogens is 1. The molecule has 1 atom stereocenters. The van der Waals surface area contributed by atoms with Gasteiger partial charge < -0.3 is 14.6 Å². The molecule has 1 saturated heterocycles. The summed E-state index contributed by atoms with van der Waals surface area (Å²) in [6.45, 7) is 2.02. The SMILES string of the molecule is CCc1ccc(N2CC(C(=O)OCC(=O)c3ccc[nH]3)CC2=O)cc1. The summed E-state index contributed by atoms with van der Waals surface area (Å²) in [4.78, 5) is 40.6. The standard InChI is InChI=1S/C19H20N2O4/c1-2-13-5-7-15(8-6-13)21-11-14(10-18(21)23)19(24)25-12-17(22)16-4-3-9-20-16/h3-9,14,20H,2,10-12H2,1H3. The van der Waals surface area contributed by atoms with E-state index in [0.717, 1.165) is 12.1 Å². The number of amides is 1. The number of H-pyrrole nitrogens is 1. The third-order valence-corrected chi connectivity index (χ3v) is 4.36. The highest BCUT2D eigenvalue weighted by Gasteiger charge is 2.36. The van der Waals surface area contributed by atoms with Gasteiger partial charge in [0.05, 0.1) is 11.6 Å². The van der Waals surface area contributed by atoms with Gasteiger partial charge in [-0.1, -0.05) is 19.1 Å². The Labute approximate surface area is 145 Å². The maximum Gasteiger partial charge on any atom is 0.311 e. The van der Waals surface area contributed by atoms with Crippen molar-refractivity contribution in [2.45, 2.75) is 19.8 Å². The Hall–Kier alpha value is -2.89. The van der Waals surface area contributed by atoms with E-state index in [2.05, 4.69) is 11.9 Å². The number of ketones is 1. The molecule has 6 heteroatoms. The second kappa shape index (κ2) is 7.34. The van der Waals surface area contributed by atoms with Crippen LogP contribution in [-0.2, 0) is 20.7 Å². The number of carbonyl (C=O) groups is 3. The first-order valence-corrected chi connectivity index (χ1v) is 8.31. The van der Waals surface area contributed by atoms with Gasteiger partial charge in [0.1, 0.15) is 0 Å². The van der Waals surface area contributed by atoms with Gasteiger partial charge in [-0.05, 0) is 36.2 Å². The molecule has 1 N–H and O–H groups in total. The Morgan fingerprint density at radius 3 is 2.64 bits per heavy atom. The highest BCUT2D eigenvalue weighted by atomic mass is 16.5. The maximum absolute atomic E-state index is 12.2. The van der Waals surface area contributed by atoms with E-state index in [9.17, 15) is 14.4 Å². The zero-order valence-electron chi connectivity index (χ0n) is 14.0. The number of hydrogen-bond donors (Lipinski definition) is 1. The van der Waals surface area contributed by atoms with Crippen molar-refractivity contribution in [3.05, 3.63) is 53.9 Å². The van der Waals surface area contributed by atoms with Crippen molar-refractivity contribution in [2.75, 3.05) is 18.1 Å². The lowest BCUT2D eigenvalue weighted by molar-refractivity contribution is -0.147. The van der Waals surface area contributed by atoms with Gasteiger partial charge in [-0.2, -0.15) is 0 Å². The van der Waals surface area contributed by atoms with E-state index in [0.29, 0.717) is 5.69 Å². The quantitative estimate of drug-likeness (QED) is 0.647. The zero-order valence-corrected chi connectivity index (χ0v) is 14.0. The van der Waals surface area contributed by atoms with E-state index >= 15 is 0 Å². The zero-order chi connectivity index (χ0) is 17.8. The van der Waals surface area contributed by atoms with Crippen molar-refractivity contribution >= 4 is 23.3 Å². The lowest BCUT2D eigenvalue weighted by Gasteiger charge is -2.16. The van der Waals surface area contributed by atoms with Crippen LogP contribution in [0.4, 0.5) is 5.69 Å². The molecule has 1 aromatic heterocycles. The second-order valence-electron chi connectivity index (χ2n) is 6.04. The number of carbonyl (C=O) groups excluding carboxylic acids is 3. The Kier molecular flexibility index (Phi) is 4.97. The molecule has 1 fully saturated rings. The van der Waals surface area contributed by atoms with Crippen LogP contribution in [0.5, 0.6) is 0 Å². The van der Waals surface area contributed by atoms with Gasteiger partial charge in [0, 0.05) is 24.8 Å². The molecule has 1 amide bonds. The average molecular weight is 340 g/mol. The molecule has 25 heavy (non-hydrogen) atoms. The number of nitrogens with zero attached hydrogens (tertiary/aromatic N) is 1. The van der Waals surface area contributed by atoms with Crippen LogP contribution >= 0.6 is 0 Å². The number of Topliss-reactive ketones (excluding diaryl/α,β-unsaturated/α-hetero) is 1. The number of anilines is 1. The number of benzene rings is 1. The number of aryl methyl sites for hydroxylation is 1. The van der Waals surface area contributed by atoms with Gasteiger partial charge in [-0.3, -0.25) is 14.4 Å². The molecule has 1 aliphatic rings. The lowest BCUT2D eigenvalue weighted by Crippen LogP contribution is -2.27. The van der Waals surface area contributed by atoms with Crippen molar-refractivity contribution in [1.82, 2.24) is 4.98 Å². The Bertz CT molecular complexity index is 765. The van der Waals surface area contributed by atoms with Gasteiger partial charge in [-0.25, -0.2) is 0 Å². The monoisotopic (exact) mass is 340 g/mol.